The standard InChI is InChI=1S/C19H16N2O4/c20-14-6-2-4-8-16(14)21-15-7-3-1-5-13(15)11-12-19(21)24-17(22)9-10-18(23)25-19/h1-10H,11-12,20H2. The first-order chi connectivity index (χ1) is 12.1. The molecule has 2 aliphatic rings. The highest BCUT2D eigenvalue weighted by Gasteiger charge is 2.50. The predicted octanol–water partition coefficient (Wildman–Crippen LogP) is 2.66. The van der Waals surface area contributed by atoms with Crippen LogP contribution < -0.4 is 10.6 Å². The highest BCUT2D eigenvalue weighted by atomic mass is 16.8. The summed E-state index contributed by atoms with van der Waals surface area (Å²) in [6.07, 6.45) is 3.05. The van der Waals surface area contributed by atoms with E-state index in [1.165, 1.54) is 0 Å². The molecule has 25 heavy (non-hydrogen) atoms. The number of para-hydroxylation sites is 3. The van der Waals surface area contributed by atoms with Crippen LogP contribution in [0.3, 0.4) is 0 Å². The second kappa shape index (κ2) is 5.66. The maximum Gasteiger partial charge on any atom is 0.347 e. The Labute approximate surface area is 144 Å². The Balaban J connectivity index is 1.94. The van der Waals surface area contributed by atoms with E-state index >= 15 is 0 Å². The molecular weight excluding hydrogens is 320 g/mol. The molecule has 2 aromatic rings. The van der Waals surface area contributed by atoms with Crippen LogP contribution in [0.2, 0.25) is 0 Å². The molecule has 2 heterocycles. The molecule has 2 aromatic carbocycles. The first-order valence-electron chi connectivity index (χ1n) is 7.96. The Hall–Kier alpha value is -3.28. The predicted molar refractivity (Wildman–Crippen MR) is 91.8 cm³/mol. The Morgan fingerprint density at radius 2 is 1.48 bits per heavy atom. The molecule has 1 spiro atoms. The van der Waals surface area contributed by atoms with Gasteiger partial charge in [-0.2, -0.15) is 0 Å². The molecule has 6 nitrogen and oxygen atoms in total. The van der Waals surface area contributed by atoms with Gasteiger partial charge >= 0.3 is 17.8 Å². The highest BCUT2D eigenvalue weighted by molar-refractivity contribution is 5.94. The van der Waals surface area contributed by atoms with Gasteiger partial charge in [-0.1, -0.05) is 30.3 Å². The van der Waals surface area contributed by atoms with Gasteiger partial charge in [0.2, 0.25) is 0 Å². The van der Waals surface area contributed by atoms with Crippen LogP contribution in [-0.2, 0) is 25.5 Å². The third-order valence-electron chi connectivity index (χ3n) is 4.34. The van der Waals surface area contributed by atoms with E-state index in [9.17, 15) is 9.59 Å². The van der Waals surface area contributed by atoms with E-state index in [1.807, 2.05) is 36.4 Å². The van der Waals surface area contributed by atoms with Gasteiger partial charge in [0, 0.05) is 12.2 Å². The van der Waals surface area contributed by atoms with Crippen molar-refractivity contribution in [1.29, 1.82) is 0 Å². The fourth-order valence-electron chi connectivity index (χ4n) is 3.27. The van der Waals surface area contributed by atoms with E-state index in [1.54, 1.807) is 17.0 Å². The molecule has 0 fully saturated rings. The molecule has 0 radical (unpaired) electrons. The number of aryl methyl sites for hydroxylation is 1. The number of carbonyl (C=O) groups excluding carboxylic acids is 2. The maximum absolute atomic E-state index is 12.1. The van der Waals surface area contributed by atoms with Gasteiger partial charge in [0.05, 0.1) is 23.5 Å². The van der Waals surface area contributed by atoms with Crippen LogP contribution in [0, 0.1) is 0 Å². The van der Waals surface area contributed by atoms with Crippen molar-refractivity contribution in [2.75, 3.05) is 10.6 Å². The zero-order valence-corrected chi connectivity index (χ0v) is 13.3. The minimum absolute atomic E-state index is 0.303. The van der Waals surface area contributed by atoms with E-state index in [4.69, 9.17) is 15.2 Å². The van der Waals surface area contributed by atoms with Crippen molar-refractivity contribution in [3.05, 3.63) is 66.2 Å². The minimum Gasteiger partial charge on any atom is -0.400 e. The molecule has 0 amide bonds. The number of benzene rings is 2. The maximum atomic E-state index is 12.1. The number of rotatable bonds is 1. The molecule has 0 saturated carbocycles. The molecule has 0 unspecified atom stereocenters. The van der Waals surface area contributed by atoms with Crippen LogP contribution in [0.1, 0.15) is 12.0 Å². The lowest BCUT2D eigenvalue weighted by molar-refractivity contribution is -0.220. The quantitative estimate of drug-likeness (QED) is 0.637. The van der Waals surface area contributed by atoms with Gasteiger partial charge in [0.25, 0.3) is 0 Å². The van der Waals surface area contributed by atoms with Crippen LogP contribution in [-0.4, -0.2) is 17.8 Å². The van der Waals surface area contributed by atoms with Gasteiger partial charge < -0.3 is 15.2 Å². The van der Waals surface area contributed by atoms with Crippen LogP contribution in [0.4, 0.5) is 17.1 Å². The smallest absolute Gasteiger partial charge is 0.347 e. The summed E-state index contributed by atoms with van der Waals surface area (Å²) in [6, 6.07) is 14.9. The van der Waals surface area contributed by atoms with E-state index in [0.29, 0.717) is 24.2 Å². The van der Waals surface area contributed by atoms with E-state index in [2.05, 4.69) is 0 Å². The molecular formula is C19H16N2O4. The number of carbonyl (C=O) groups is 2. The first kappa shape index (κ1) is 15.3. The van der Waals surface area contributed by atoms with Crippen LogP contribution in [0.25, 0.3) is 0 Å². The summed E-state index contributed by atoms with van der Waals surface area (Å²) in [6.45, 7) is 0. The molecule has 0 bridgehead atoms. The van der Waals surface area contributed by atoms with E-state index in [-0.39, 0.29) is 0 Å². The SMILES string of the molecule is Nc1ccccc1N1c2ccccc2CCC12OC(=O)C=CC(=O)O2. The Morgan fingerprint density at radius 1 is 0.880 bits per heavy atom. The number of nitrogens with two attached hydrogens (primary N) is 1. The molecule has 2 aliphatic heterocycles. The summed E-state index contributed by atoms with van der Waals surface area (Å²) in [4.78, 5) is 25.9. The van der Waals surface area contributed by atoms with Crippen molar-refractivity contribution < 1.29 is 19.1 Å². The fraction of sp³-hybridized carbons (Fsp3) is 0.158. The van der Waals surface area contributed by atoms with Crippen molar-refractivity contribution in [1.82, 2.24) is 0 Å². The van der Waals surface area contributed by atoms with Gasteiger partial charge in [0.15, 0.2) is 0 Å². The molecule has 0 aliphatic carbocycles. The van der Waals surface area contributed by atoms with Crippen molar-refractivity contribution in [3.63, 3.8) is 0 Å². The normalized spacial score (nSPS) is 18.3. The molecule has 0 atom stereocenters. The summed E-state index contributed by atoms with van der Waals surface area (Å²) in [5.74, 6) is -2.84. The summed E-state index contributed by atoms with van der Waals surface area (Å²) in [5.41, 5.74) is 9.11. The number of nitrogens with zero attached hydrogens (tertiary/aromatic N) is 1. The third kappa shape index (κ3) is 2.52. The second-order valence-corrected chi connectivity index (χ2v) is 5.91. The van der Waals surface area contributed by atoms with Crippen molar-refractivity contribution in [2.24, 2.45) is 0 Å². The largest absolute Gasteiger partial charge is 0.400 e. The average Bonchev–Trinajstić information content (AvgIpc) is 2.74. The summed E-state index contributed by atoms with van der Waals surface area (Å²) in [5, 5.41) is 0. The van der Waals surface area contributed by atoms with E-state index in [0.717, 1.165) is 23.4 Å². The first-order valence-corrected chi connectivity index (χ1v) is 7.96. The van der Waals surface area contributed by atoms with E-state index < -0.39 is 17.8 Å². The van der Waals surface area contributed by atoms with Gasteiger partial charge in [-0.15, -0.1) is 0 Å². The van der Waals surface area contributed by atoms with Crippen LogP contribution >= 0.6 is 0 Å². The number of fused-ring (bicyclic) bond motifs is 1. The van der Waals surface area contributed by atoms with Gasteiger partial charge in [0.1, 0.15) is 0 Å². The van der Waals surface area contributed by atoms with Gasteiger partial charge in [-0.3, -0.25) is 4.90 Å². The Kier molecular flexibility index (Phi) is 3.46. The van der Waals surface area contributed by atoms with Crippen molar-refractivity contribution >= 4 is 29.0 Å². The van der Waals surface area contributed by atoms with Crippen LogP contribution in [0.5, 0.6) is 0 Å². The number of anilines is 3. The molecule has 0 aromatic heterocycles. The number of hydrogen-bond acceptors (Lipinski definition) is 6. The topological polar surface area (TPSA) is 81.9 Å². The highest BCUT2D eigenvalue weighted by Crippen LogP contribution is 2.46. The molecule has 0 saturated heterocycles. The second-order valence-electron chi connectivity index (χ2n) is 5.91. The molecule has 2 N–H and O–H groups in total. The summed E-state index contributed by atoms with van der Waals surface area (Å²) >= 11 is 0. The fourth-order valence-corrected chi connectivity index (χ4v) is 3.27. The monoisotopic (exact) mass is 336 g/mol. The zero-order chi connectivity index (χ0) is 17.4. The Morgan fingerprint density at radius 3 is 2.16 bits per heavy atom. The van der Waals surface area contributed by atoms with Crippen molar-refractivity contribution in [3.8, 4) is 0 Å². The number of nitrogen functional groups attached to an aromatic ring is 1. The van der Waals surface area contributed by atoms with Crippen molar-refractivity contribution in [2.45, 2.75) is 18.8 Å². The summed E-state index contributed by atoms with van der Waals surface area (Å²) < 4.78 is 11.2. The number of esters is 2. The minimum atomic E-state index is -1.57. The molecule has 4 rings (SSSR count). The molecule has 126 valence electrons. The Bertz CT molecular complexity index is 870. The van der Waals surface area contributed by atoms with Crippen LogP contribution in [0.15, 0.2) is 60.7 Å². The lowest BCUT2D eigenvalue weighted by atomic mass is 9.97. The average molecular weight is 336 g/mol. The molecule has 6 heteroatoms. The summed E-state index contributed by atoms with van der Waals surface area (Å²) in [7, 11) is 0. The number of ether oxygens (including phenoxy) is 2. The lowest BCUT2D eigenvalue weighted by Crippen LogP contribution is -2.55. The lowest BCUT2D eigenvalue weighted by Gasteiger charge is -2.45. The van der Waals surface area contributed by atoms with Gasteiger partial charge in [-0.25, -0.2) is 9.59 Å². The number of hydrogen-bond donors (Lipinski definition) is 1. The zero-order valence-electron chi connectivity index (χ0n) is 13.3. The van der Waals surface area contributed by atoms with Gasteiger partial charge in [-0.05, 0) is 30.2 Å². The third-order valence-corrected chi connectivity index (χ3v) is 4.34.